The highest BCUT2D eigenvalue weighted by molar-refractivity contribution is 5.91. The zero-order valence-electron chi connectivity index (χ0n) is 11.0. The van der Waals surface area contributed by atoms with Gasteiger partial charge in [-0.15, -0.1) is 0 Å². The Balaban J connectivity index is 2.48. The second kappa shape index (κ2) is 7.71. The molecule has 19 heavy (non-hydrogen) atoms. The highest BCUT2D eigenvalue weighted by atomic mass is 19.1. The summed E-state index contributed by atoms with van der Waals surface area (Å²) in [6, 6.07) is 2.03. The fourth-order valence-electron chi connectivity index (χ4n) is 1.70. The Bertz CT molecular complexity index is 436. The monoisotopic (exact) mass is 271 g/mol. The molecule has 0 atom stereocenters. The van der Waals surface area contributed by atoms with Crippen LogP contribution < -0.4 is 5.73 Å². The number of benzene rings is 1. The summed E-state index contributed by atoms with van der Waals surface area (Å²) in [4.78, 5) is 11.6. The predicted octanol–water partition coefficient (Wildman–Crippen LogP) is 3.67. The summed E-state index contributed by atoms with van der Waals surface area (Å²) < 4.78 is 31.7. The van der Waals surface area contributed by atoms with Gasteiger partial charge in [0.2, 0.25) is 0 Å². The molecule has 3 nitrogen and oxygen atoms in total. The molecule has 0 aliphatic rings. The van der Waals surface area contributed by atoms with E-state index in [2.05, 4.69) is 6.92 Å². The lowest BCUT2D eigenvalue weighted by molar-refractivity contribution is 0.0487. The van der Waals surface area contributed by atoms with Crippen LogP contribution in [0.15, 0.2) is 12.1 Å². The molecule has 2 N–H and O–H groups in total. The predicted molar refractivity (Wildman–Crippen MR) is 69.8 cm³/mol. The zero-order chi connectivity index (χ0) is 14.3. The Morgan fingerprint density at radius 3 is 2.58 bits per heavy atom. The van der Waals surface area contributed by atoms with Gasteiger partial charge in [-0.2, -0.15) is 0 Å². The van der Waals surface area contributed by atoms with Crippen molar-refractivity contribution in [1.82, 2.24) is 0 Å². The average molecular weight is 271 g/mol. The summed E-state index contributed by atoms with van der Waals surface area (Å²) in [5.74, 6) is -3.02. The van der Waals surface area contributed by atoms with Crippen LogP contribution in [0.1, 0.15) is 49.4 Å². The van der Waals surface area contributed by atoms with Crippen LogP contribution in [0, 0.1) is 11.6 Å². The molecule has 106 valence electrons. The van der Waals surface area contributed by atoms with Crippen molar-refractivity contribution in [3.8, 4) is 0 Å². The van der Waals surface area contributed by atoms with Crippen molar-refractivity contribution >= 4 is 11.7 Å². The number of ether oxygens (including phenoxy) is 1. The number of anilines is 1. The molecule has 0 spiro atoms. The third kappa shape index (κ3) is 4.50. The lowest BCUT2D eigenvalue weighted by Crippen LogP contribution is -2.12. The quantitative estimate of drug-likeness (QED) is 0.467. The summed E-state index contributed by atoms with van der Waals surface area (Å²) in [6.45, 7) is 2.27. The number of nitrogen functional groups attached to an aromatic ring is 1. The van der Waals surface area contributed by atoms with Gasteiger partial charge in [0.25, 0.3) is 0 Å². The molecule has 1 aromatic carbocycles. The van der Waals surface area contributed by atoms with Crippen molar-refractivity contribution in [2.24, 2.45) is 0 Å². The first-order chi connectivity index (χ1) is 9.07. The van der Waals surface area contributed by atoms with Crippen LogP contribution in [-0.4, -0.2) is 12.6 Å². The van der Waals surface area contributed by atoms with E-state index in [0.717, 1.165) is 37.8 Å². The van der Waals surface area contributed by atoms with Crippen LogP contribution in [0.5, 0.6) is 0 Å². The summed E-state index contributed by atoms with van der Waals surface area (Å²) in [7, 11) is 0. The highest BCUT2D eigenvalue weighted by Gasteiger charge is 2.20. The largest absolute Gasteiger partial charge is 0.462 e. The molecule has 0 unspecified atom stereocenters. The molecule has 0 aromatic heterocycles. The summed E-state index contributed by atoms with van der Waals surface area (Å²) in [5.41, 5.74) is 4.31. The van der Waals surface area contributed by atoms with Crippen LogP contribution >= 0.6 is 0 Å². The van der Waals surface area contributed by atoms with Gasteiger partial charge in [-0.25, -0.2) is 13.6 Å². The van der Waals surface area contributed by atoms with E-state index in [1.54, 1.807) is 0 Å². The van der Waals surface area contributed by atoms with E-state index in [-0.39, 0.29) is 12.3 Å². The van der Waals surface area contributed by atoms with Gasteiger partial charge in [0.1, 0.15) is 11.4 Å². The van der Waals surface area contributed by atoms with Crippen LogP contribution in [0.4, 0.5) is 14.5 Å². The molecule has 1 rings (SSSR count). The standard InChI is InChI=1S/C14H19F2NO2/c1-2-3-4-5-6-9-19-14(18)12-10(15)7-8-11(17)13(12)16/h7-8H,2-6,9,17H2,1H3. The second-order valence-corrected chi connectivity index (χ2v) is 4.38. The molecule has 0 aliphatic carbocycles. The normalized spacial score (nSPS) is 10.5. The molecular weight excluding hydrogens is 252 g/mol. The summed E-state index contributed by atoms with van der Waals surface area (Å²) >= 11 is 0. The molecule has 0 bridgehead atoms. The van der Waals surface area contributed by atoms with Gasteiger partial charge >= 0.3 is 5.97 Å². The Labute approximate surface area is 111 Å². The number of carbonyl (C=O) groups is 1. The minimum atomic E-state index is -1.06. The van der Waals surface area contributed by atoms with E-state index >= 15 is 0 Å². The molecule has 0 amide bonds. The van der Waals surface area contributed by atoms with E-state index < -0.39 is 23.2 Å². The van der Waals surface area contributed by atoms with Gasteiger partial charge in [0, 0.05) is 0 Å². The SMILES string of the molecule is CCCCCCCOC(=O)c1c(F)ccc(N)c1F. The Kier molecular flexibility index (Phi) is 6.25. The third-order valence-electron chi connectivity index (χ3n) is 2.81. The van der Waals surface area contributed by atoms with Gasteiger partial charge in [-0.3, -0.25) is 0 Å². The van der Waals surface area contributed by atoms with Gasteiger partial charge in [0.05, 0.1) is 12.3 Å². The van der Waals surface area contributed by atoms with Gasteiger partial charge in [-0.1, -0.05) is 32.6 Å². The minimum Gasteiger partial charge on any atom is -0.462 e. The lowest BCUT2D eigenvalue weighted by Gasteiger charge is -2.07. The molecule has 5 heteroatoms. The fourth-order valence-corrected chi connectivity index (χ4v) is 1.70. The molecular formula is C14H19F2NO2. The van der Waals surface area contributed by atoms with Crippen molar-refractivity contribution in [1.29, 1.82) is 0 Å². The third-order valence-corrected chi connectivity index (χ3v) is 2.81. The van der Waals surface area contributed by atoms with Crippen molar-refractivity contribution in [3.63, 3.8) is 0 Å². The maximum atomic E-state index is 13.5. The number of nitrogens with two attached hydrogens (primary N) is 1. The van der Waals surface area contributed by atoms with Crippen LogP contribution in [0.3, 0.4) is 0 Å². The van der Waals surface area contributed by atoms with Gasteiger partial charge in [-0.05, 0) is 18.6 Å². The van der Waals surface area contributed by atoms with Crippen molar-refractivity contribution < 1.29 is 18.3 Å². The molecule has 0 fully saturated rings. The van der Waals surface area contributed by atoms with Gasteiger partial charge in [0.15, 0.2) is 5.82 Å². The van der Waals surface area contributed by atoms with Crippen molar-refractivity contribution in [3.05, 3.63) is 29.3 Å². The van der Waals surface area contributed by atoms with Crippen molar-refractivity contribution in [2.75, 3.05) is 12.3 Å². The van der Waals surface area contributed by atoms with Crippen LogP contribution in [0.2, 0.25) is 0 Å². The van der Waals surface area contributed by atoms with E-state index in [1.807, 2.05) is 0 Å². The van der Waals surface area contributed by atoms with Crippen LogP contribution in [0.25, 0.3) is 0 Å². The number of esters is 1. The molecule has 0 radical (unpaired) electrons. The van der Waals surface area contributed by atoms with Gasteiger partial charge < -0.3 is 10.5 Å². The first-order valence-corrected chi connectivity index (χ1v) is 6.48. The number of carbonyl (C=O) groups excluding carboxylic acids is 1. The average Bonchev–Trinajstić information content (AvgIpc) is 2.38. The van der Waals surface area contributed by atoms with E-state index in [4.69, 9.17) is 10.5 Å². The minimum absolute atomic E-state index is 0.163. The fraction of sp³-hybridized carbons (Fsp3) is 0.500. The summed E-state index contributed by atoms with van der Waals surface area (Å²) in [6.07, 6.45) is 4.95. The molecule has 0 aliphatic heterocycles. The first kappa shape index (κ1) is 15.4. The zero-order valence-corrected chi connectivity index (χ0v) is 11.0. The highest BCUT2D eigenvalue weighted by Crippen LogP contribution is 2.19. The second-order valence-electron chi connectivity index (χ2n) is 4.38. The number of hydrogen-bond donors (Lipinski definition) is 1. The molecule has 1 aromatic rings. The topological polar surface area (TPSA) is 52.3 Å². The van der Waals surface area contributed by atoms with E-state index in [0.29, 0.717) is 6.42 Å². The molecule has 0 saturated carbocycles. The first-order valence-electron chi connectivity index (χ1n) is 6.48. The van der Waals surface area contributed by atoms with E-state index in [1.165, 1.54) is 0 Å². The summed E-state index contributed by atoms with van der Waals surface area (Å²) in [5, 5.41) is 0. The van der Waals surface area contributed by atoms with E-state index in [9.17, 15) is 13.6 Å². The number of rotatable bonds is 7. The maximum absolute atomic E-state index is 13.5. The lowest BCUT2D eigenvalue weighted by atomic mass is 10.1. The smallest absolute Gasteiger partial charge is 0.344 e. The number of unbranched alkanes of at least 4 members (excludes halogenated alkanes) is 4. The maximum Gasteiger partial charge on any atom is 0.344 e. The number of halogens is 2. The number of hydrogen-bond acceptors (Lipinski definition) is 3. The molecule has 0 saturated heterocycles. The Morgan fingerprint density at radius 1 is 1.21 bits per heavy atom. The van der Waals surface area contributed by atoms with Crippen LogP contribution in [-0.2, 0) is 4.74 Å². The Morgan fingerprint density at radius 2 is 1.89 bits per heavy atom. The molecule has 0 heterocycles. The van der Waals surface area contributed by atoms with Crippen molar-refractivity contribution in [2.45, 2.75) is 39.0 Å². The Hall–Kier alpha value is -1.65.